The third-order valence-corrected chi connectivity index (χ3v) is 13.4. The molecule has 0 bridgehead atoms. The molecule has 0 radical (unpaired) electrons. The van der Waals surface area contributed by atoms with Crippen LogP contribution in [-0.2, 0) is 42.9 Å². The summed E-state index contributed by atoms with van der Waals surface area (Å²) in [5.41, 5.74) is 0. The second-order valence-corrected chi connectivity index (χ2v) is 20.6. The maximum atomic E-state index is 13.1. The van der Waals surface area contributed by atoms with Crippen molar-refractivity contribution in [3.05, 3.63) is 85.1 Å². The first kappa shape index (κ1) is 70.9. The minimum Gasteiger partial charge on any atom is -0.479 e. The van der Waals surface area contributed by atoms with E-state index in [4.69, 9.17) is 23.7 Å². The second-order valence-electron chi connectivity index (χ2n) is 20.6. The second kappa shape index (κ2) is 52.6. The van der Waals surface area contributed by atoms with E-state index in [9.17, 15) is 34.5 Å². The lowest BCUT2D eigenvalue weighted by molar-refractivity contribution is -0.301. The highest BCUT2D eigenvalue weighted by molar-refractivity contribution is 5.74. The van der Waals surface area contributed by atoms with Crippen LogP contribution in [-0.4, -0.2) is 89.2 Å². The Bertz CT molecular complexity index is 1660. The number of esters is 3. The van der Waals surface area contributed by atoms with Crippen molar-refractivity contribution in [2.24, 2.45) is 0 Å². The summed E-state index contributed by atoms with van der Waals surface area (Å²) in [5.74, 6) is -3.17. The van der Waals surface area contributed by atoms with E-state index in [0.29, 0.717) is 19.3 Å². The molecule has 0 aromatic carbocycles. The number of carbonyl (C=O) groups is 4. The number of aliphatic hydroxyl groups is 2. The average molecular weight is 1080 g/mol. The Labute approximate surface area is 467 Å². The highest BCUT2D eigenvalue weighted by atomic mass is 16.7. The first-order valence-electron chi connectivity index (χ1n) is 30.6. The van der Waals surface area contributed by atoms with Crippen LogP contribution < -0.4 is 0 Å². The van der Waals surface area contributed by atoms with Crippen molar-refractivity contribution in [3.8, 4) is 0 Å². The number of carboxylic acid groups (broad SMARTS) is 1. The van der Waals surface area contributed by atoms with Gasteiger partial charge in [-0.25, -0.2) is 4.79 Å². The summed E-state index contributed by atoms with van der Waals surface area (Å²) < 4.78 is 28.4. The smallest absolute Gasteiger partial charge is 0.335 e. The Morgan fingerprint density at radius 2 is 0.831 bits per heavy atom. The molecule has 12 nitrogen and oxygen atoms in total. The molecule has 12 heteroatoms. The summed E-state index contributed by atoms with van der Waals surface area (Å²) in [6, 6.07) is 0. The van der Waals surface area contributed by atoms with Gasteiger partial charge >= 0.3 is 23.9 Å². The first-order valence-corrected chi connectivity index (χ1v) is 30.6. The standard InChI is InChI=1S/C65H108O12/c1-4-7-10-13-16-19-22-24-26-28-29-31-33-35-38-41-44-47-50-53-59(68)76-63-61(70)60(69)62(64(71)72)77-65(63)74-55-56(75-58(67)52-49-46-43-40-36-21-18-15-12-9-6-3)54-73-57(66)51-48-45-42-39-37-34-32-30-27-25-23-20-17-14-11-8-5-2/h8,11,15-20,24-27,32,34,56,60-63,65,69-70H,4-7,9-10,12-14,21-23,28-31,33,35-55H2,1-3H3,(H,71,72)/b11-8-,18-15-,19-16-,20-17-,26-24-,27-25-,34-32-. The molecular weight excluding hydrogens is 973 g/mol. The Kier molecular flexibility index (Phi) is 48.4. The summed E-state index contributed by atoms with van der Waals surface area (Å²) in [5, 5.41) is 31.5. The molecule has 0 aromatic rings. The number of unbranched alkanes of at least 4 members (excludes halogenated alkanes) is 23. The Morgan fingerprint density at radius 3 is 1.30 bits per heavy atom. The molecule has 1 aliphatic rings. The molecule has 1 aliphatic heterocycles. The van der Waals surface area contributed by atoms with Crippen molar-refractivity contribution in [1.82, 2.24) is 0 Å². The van der Waals surface area contributed by atoms with Crippen LogP contribution in [0.15, 0.2) is 85.1 Å². The molecule has 0 saturated carbocycles. The van der Waals surface area contributed by atoms with Gasteiger partial charge in [-0.15, -0.1) is 0 Å². The lowest BCUT2D eigenvalue weighted by Gasteiger charge is -2.40. The van der Waals surface area contributed by atoms with Gasteiger partial charge in [0.15, 0.2) is 24.6 Å². The molecule has 1 heterocycles. The van der Waals surface area contributed by atoms with Crippen LogP contribution in [0.3, 0.4) is 0 Å². The van der Waals surface area contributed by atoms with Gasteiger partial charge in [0.25, 0.3) is 0 Å². The summed E-state index contributed by atoms with van der Waals surface area (Å²) >= 11 is 0. The molecule has 6 unspecified atom stereocenters. The van der Waals surface area contributed by atoms with Gasteiger partial charge in [-0.3, -0.25) is 14.4 Å². The highest BCUT2D eigenvalue weighted by Gasteiger charge is 2.50. The molecule has 77 heavy (non-hydrogen) atoms. The van der Waals surface area contributed by atoms with Gasteiger partial charge < -0.3 is 39.0 Å². The number of ether oxygens (including phenoxy) is 5. The SMILES string of the molecule is CC/C=C\C/C=C\C/C=C\C/C=C\CCCCCCC(=O)OCC(COC1OC(C(=O)O)C(O)C(O)C1OC(=O)CCCCCCCCCCC/C=C\C/C=C\CCCCC)OC(=O)CCCCCCC/C=C\CCCC. The van der Waals surface area contributed by atoms with E-state index in [0.717, 1.165) is 128 Å². The van der Waals surface area contributed by atoms with Crippen LogP contribution in [0.5, 0.6) is 0 Å². The van der Waals surface area contributed by atoms with Gasteiger partial charge in [-0.05, 0) is 109 Å². The van der Waals surface area contributed by atoms with Gasteiger partial charge in [0.1, 0.15) is 18.8 Å². The highest BCUT2D eigenvalue weighted by Crippen LogP contribution is 2.26. The zero-order valence-electron chi connectivity index (χ0n) is 48.4. The molecule has 3 N–H and O–H groups in total. The lowest BCUT2D eigenvalue weighted by Crippen LogP contribution is -2.61. The molecule has 0 spiro atoms. The molecule has 0 aliphatic carbocycles. The van der Waals surface area contributed by atoms with Crippen LogP contribution >= 0.6 is 0 Å². The fraction of sp³-hybridized carbons (Fsp3) is 0.723. The molecule has 1 saturated heterocycles. The topological polar surface area (TPSA) is 175 Å². The molecule has 6 atom stereocenters. The number of allylic oxidation sites excluding steroid dienone is 14. The van der Waals surface area contributed by atoms with E-state index < -0.39 is 67.3 Å². The van der Waals surface area contributed by atoms with Gasteiger partial charge in [-0.1, -0.05) is 209 Å². The lowest BCUT2D eigenvalue weighted by atomic mass is 9.98. The van der Waals surface area contributed by atoms with E-state index in [2.05, 4.69) is 106 Å². The predicted molar refractivity (Wildman–Crippen MR) is 312 cm³/mol. The van der Waals surface area contributed by atoms with Crippen molar-refractivity contribution in [2.75, 3.05) is 13.2 Å². The van der Waals surface area contributed by atoms with Crippen molar-refractivity contribution in [1.29, 1.82) is 0 Å². The van der Waals surface area contributed by atoms with Crippen LogP contribution in [0.25, 0.3) is 0 Å². The van der Waals surface area contributed by atoms with Gasteiger partial charge in [0.05, 0.1) is 6.61 Å². The molecule has 0 amide bonds. The first-order chi connectivity index (χ1) is 37.6. The molecule has 440 valence electrons. The molecular formula is C65H108O12. The zero-order valence-corrected chi connectivity index (χ0v) is 48.4. The number of rotatable bonds is 51. The van der Waals surface area contributed by atoms with Crippen molar-refractivity contribution in [3.63, 3.8) is 0 Å². The van der Waals surface area contributed by atoms with Crippen molar-refractivity contribution < 1.29 is 58.2 Å². The maximum Gasteiger partial charge on any atom is 0.335 e. The maximum absolute atomic E-state index is 13.1. The van der Waals surface area contributed by atoms with Gasteiger partial charge in [0, 0.05) is 19.3 Å². The predicted octanol–water partition coefficient (Wildman–Crippen LogP) is 15.9. The van der Waals surface area contributed by atoms with Crippen molar-refractivity contribution >= 4 is 23.9 Å². The van der Waals surface area contributed by atoms with Gasteiger partial charge in [-0.2, -0.15) is 0 Å². The fourth-order valence-electron chi connectivity index (χ4n) is 8.72. The summed E-state index contributed by atoms with van der Waals surface area (Å²) in [7, 11) is 0. The van der Waals surface area contributed by atoms with Crippen molar-refractivity contribution in [2.45, 2.75) is 289 Å². The van der Waals surface area contributed by atoms with E-state index in [1.54, 1.807) is 0 Å². The van der Waals surface area contributed by atoms with Crippen LogP contribution in [0.1, 0.15) is 252 Å². The Morgan fingerprint density at radius 1 is 0.442 bits per heavy atom. The van der Waals surface area contributed by atoms with Crippen LogP contribution in [0.4, 0.5) is 0 Å². The summed E-state index contributed by atoms with van der Waals surface area (Å²) in [4.78, 5) is 51.1. The van der Waals surface area contributed by atoms with E-state index in [1.165, 1.54) is 64.2 Å². The van der Waals surface area contributed by atoms with Crippen LogP contribution in [0, 0.1) is 0 Å². The number of carbonyl (C=O) groups excluding carboxylic acids is 3. The van der Waals surface area contributed by atoms with E-state index in [-0.39, 0.29) is 25.9 Å². The number of aliphatic carboxylic acids is 1. The third kappa shape index (κ3) is 42.5. The Balaban J connectivity index is 2.66. The molecule has 0 aromatic heterocycles. The molecule has 1 fully saturated rings. The number of carboxylic acids is 1. The quantitative estimate of drug-likeness (QED) is 0.0228. The summed E-state index contributed by atoms with van der Waals surface area (Å²) in [6.07, 6.45) is 55.5. The van der Waals surface area contributed by atoms with Crippen LogP contribution in [0.2, 0.25) is 0 Å². The van der Waals surface area contributed by atoms with E-state index >= 15 is 0 Å². The third-order valence-electron chi connectivity index (χ3n) is 13.4. The van der Waals surface area contributed by atoms with Gasteiger partial charge in [0.2, 0.25) is 0 Å². The summed E-state index contributed by atoms with van der Waals surface area (Å²) in [6.45, 7) is 5.79. The Hall–Kier alpha value is -4.10. The number of hydrogen-bond acceptors (Lipinski definition) is 11. The monoisotopic (exact) mass is 1080 g/mol. The van der Waals surface area contributed by atoms with E-state index in [1.807, 2.05) is 0 Å². The minimum absolute atomic E-state index is 0.0497. The number of hydrogen-bond donors (Lipinski definition) is 3. The average Bonchev–Trinajstić information content (AvgIpc) is 3.41. The largest absolute Gasteiger partial charge is 0.479 e. The number of aliphatic hydroxyl groups excluding tert-OH is 2. The molecule has 1 rings (SSSR count). The normalized spacial score (nSPS) is 18.6. The fourth-order valence-corrected chi connectivity index (χ4v) is 8.72. The zero-order chi connectivity index (χ0) is 56.1. The minimum atomic E-state index is -1.91.